The Morgan fingerprint density at radius 2 is 2.37 bits per heavy atom. The maximum Gasteiger partial charge on any atom is 0.230 e. The van der Waals surface area contributed by atoms with E-state index in [9.17, 15) is 9.90 Å². The van der Waals surface area contributed by atoms with E-state index < -0.39 is 0 Å². The van der Waals surface area contributed by atoms with Crippen molar-refractivity contribution < 1.29 is 9.90 Å². The minimum absolute atomic E-state index is 0.0278. The summed E-state index contributed by atoms with van der Waals surface area (Å²) in [4.78, 5) is 14.6. The van der Waals surface area contributed by atoms with Gasteiger partial charge in [-0.3, -0.25) is 9.89 Å². The molecule has 1 aliphatic carbocycles. The Morgan fingerprint density at radius 3 is 3.21 bits per heavy atom. The van der Waals surface area contributed by atoms with Crippen LogP contribution in [0.2, 0.25) is 0 Å². The zero-order valence-electron chi connectivity index (χ0n) is 11.1. The molecule has 1 aliphatic heterocycles. The van der Waals surface area contributed by atoms with Gasteiger partial charge in [-0.25, -0.2) is 0 Å². The standard InChI is InChI=1S/C14H21N3O2/c18-9-10-3-2-6-17(8-10)14(19)11-4-1-5-13-12(11)7-15-16-13/h7,10-11,18H,1-6,8-9H2,(H,15,16). The molecule has 19 heavy (non-hydrogen) atoms. The third kappa shape index (κ3) is 2.39. The van der Waals surface area contributed by atoms with E-state index in [1.165, 1.54) is 0 Å². The highest BCUT2D eigenvalue weighted by Crippen LogP contribution is 2.32. The fourth-order valence-electron chi connectivity index (χ4n) is 3.35. The van der Waals surface area contributed by atoms with Gasteiger partial charge in [0, 0.05) is 31.0 Å². The number of carbonyl (C=O) groups excluding carboxylic acids is 1. The number of amides is 1. The molecule has 1 aromatic heterocycles. The van der Waals surface area contributed by atoms with Gasteiger partial charge < -0.3 is 10.0 Å². The number of aromatic amines is 1. The minimum Gasteiger partial charge on any atom is -0.396 e. The number of aromatic nitrogens is 2. The maximum atomic E-state index is 12.7. The van der Waals surface area contributed by atoms with Gasteiger partial charge in [-0.15, -0.1) is 0 Å². The van der Waals surface area contributed by atoms with Crippen molar-refractivity contribution in [2.24, 2.45) is 5.92 Å². The molecule has 1 aromatic rings. The Kier molecular flexibility index (Phi) is 3.55. The number of aryl methyl sites for hydroxylation is 1. The van der Waals surface area contributed by atoms with Gasteiger partial charge in [-0.1, -0.05) is 0 Å². The van der Waals surface area contributed by atoms with Crippen molar-refractivity contribution in [3.05, 3.63) is 17.5 Å². The van der Waals surface area contributed by atoms with E-state index in [-0.39, 0.29) is 24.3 Å². The molecule has 0 bridgehead atoms. The van der Waals surface area contributed by atoms with Crippen LogP contribution >= 0.6 is 0 Å². The van der Waals surface area contributed by atoms with Crippen LogP contribution in [0.4, 0.5) is 0 Å². The summed E-state index contributed by atoms with van der Waals surface area (Å²) in [7, 11) is 0. The Labute approximate surface area is 113 Å². The highest BCUT2D eigenvalue weighted by Gasteiger charge is 2.33. The molecular formula is C14H21N3O2. The molecule has 3 rings (SSSR count). The predicted molar refractivity (Wildman–Crippen MR) is 70.7 cm³/mol. The van der Waals surface area contributed by atoms with E-state index in [1.807, 2.05) is 11.1 Å². The molecule has 0 radical (unpaired) electrons. The topological polar surface area (TPSA) is 69.2 Å². The van der Waals surface area contributed by atoms with Crippen LogP contribution in [0.5, 0.6) is 0 Å². The molecule has 5 nitrogen and oxygen atoms in total. The van der Waals surface area contributed by atoms with Crippen molar-refractivity contribution in [3.63, 3.8) is 0 Å². The molecule has 2 N–H and O–H groups in total. The highest BCUT2D eigenvalue weighted by molar-refractivity contribution is 5.84. The van der Waals surface area contributed by atoms with Crippen molar-refractivity contribution >= 4 is 5.91 Å². The second-order valence-electron chi connectivity index (χ2n) is 5.72. The van der Waals surface area contributed by atoms with Crippen LogP contribution in [0.25, 0.3) is 0 Å². The number of rotatable bonds is 2. The Bertz CT molecular complexity index is 457. The third-order valence-corrected chi connectivity index (χ3v) is 4.43. The molecule has 0 saturated carbocycles. The van der Waals surface area contributed by atoms with Crippen molar-refractivity contribution in [2.45, 2.75) is 38.0 Å². The lowest BCUT2D eigenvalue weighted by Crippen LogP contribution is -2.43. The zero-order chi connectivity index (χ0) is 13.2. The number of aliphatic hydroxyl groups excluding tert-OH is 1. The summed E-state index contributed by atoms with van der Waals surface area (Å²) in [5.41, 5.74) is 2.21. The Morgan fingerprint density at radius 1 is 1.47 bits per heavy atom. The number of hydrogen-bond acceptors (Lipinski definition) is 3. The SMILES string of the molecule is O=C(C1CCCc2[nH]ncc21)N1CCCC(CO)C1. The van der Waals surface area contributed by atoms with Gasteiger partial charge in [0.05, 0.1) is 12.1 Å². The lowest BCUT2D eigenvalue weighted by molar-refractivity contribution is -0.135. The number of piperidine rings is 1. The normalized spacial score (nSPS) is 27.1. The average molecular weight is 263 g/mol. The number of nitrogens with zero attached hydrogens (tertiary/aromatic N) is 2. The van der Waals surface area contributed by atoms with Gasteiger partial charge in [-0.2, -0.15) is 5.10 Å². The molecular weight excluding hydrogens is 242 g/mol. The van der Waals surface area contributed by atoms with E-state index in [2.05, 4.69) is 10.2 Å². The summed E-state index contributed by atoms with van der Waals surface area (Å²) >= 11 is 0. The molecule has 1 fully saturated rings. The van der Waals surface area contributed by atoms with E-state index in [0.29, 0.717) is 6.54 Å². The van der Waals surface area contributed by atoms with Gasteiger partial charge in [0.25, 0.3) is 0 Å². The van der Waals surface area contributed by atoms with Gasteiger partial charge in [-0.05, 0) is 38.0 Å². The molecule has 104 valence electrons. The van der Waals surface area contributed by atoms with Gasteiger partial charge >= 0.3 is 0 Å². The Balaban J connectivity index is 1.74. The van der Waals surface area contributed by atoms with Gasteiger partial charge in [0.1, 0.15) is 0 Å². The fraction of sp³-hybridized carbons (Fsp3) is 0.714. The number of H-pyrrole nitrogens is 1. The first-order valence-electron chi connectivity index (χ1n) is 7.21. The lowest BCUT2D eigenvalue weighted by atomic mass is 9.85. The van der Waals surface area contributed by atoms with Gasteiger partial charge in [0.2, 0.25) is 5.91 Å². The molecule has 2 atom stereocenters. The van der Waals surface area contributed by atoms with Crippen LogP contribution in [-0.4, -0.2) is 45.8 Å². The number of carbonyl (C=O) groups is 1. The highest BCUT2D eigenvalue weighted by atomic mass is 16.3. The Hall–Kier alpha value is -1.36. The summed E-state index contributed by atoms with van der Waals surface area (Å²) in [5.74, 6) is 0.450. The molecule has 2 aliphatic rings. The van der Waals surface area contributed by atoms with Crippen LogP contribution in [0.1, 0.15) is 42.9 Å². The number of aliphatic hydroxyl groups is 1. The number of nitrogens with one attached hydrogen (secondary N) is 1. The molecule has 1 amide bonds. The average Bonchev–Trinajstić information content (AvgIpc) is 2.95. The van der Waals surface area contributed by atoms with Crippen molar-refractivity contribution in [1.82, 2.24) is 15.1 Å². The van der Waals surface area contributed by atoms with E-state index in [4.69, 9.17) is 0 Å². The molecule has 5 heteroatoms. The van der Waals surface area contributed by atoms with Crippen LogP contribution in [0.15, 0.2) is 6.20 Å². The summed E-state index contributed by atoms with van der Waals surface area (Å²) in [5, 5.41) is 16.4. The zero-order valence-corrected chi connectivity index (χ0v) is 11.1. The van der Waals surface area contributed by atoms with Crippen LogP contribution in [-0.2, 0) is 11.2 Å². The van der Waals surface area contributed by atoms with Crippen molar-refractivity contribution in [1.29, 1.82) is 0 Å². The van der Waals surface area contributed by atoms with Crippen molar-refractivity contribution in [2.75, 3.05) is 19.7 Å². The summed E-state index contributed by atoms with van der Waals surface area (Å²) in [6.07, 6.45) is 6.81. The first-order chi connectivity index (χ1) is 9.29. The van der Waals surface area contributed by atoms with Crippen molar-refractivity contribution in [3.8, 4) is 0 Å². The maximum absolute atomic E-state index is 12.7. The first-order valence-corrected chi connectivity index (χ1v) is 7.21. The lowest BCUT2D eigenvalue weighted by Gasteiger charge is -2.35. The first kappa shape index (κ1) is 12.7. The molecule has 0 aromatic carbocycles. The number of fused-ring (bicyclic) bond motifs is 1. The van der Waals surface area contributed by atoms with Crippen LogP contribution < -0.4 is 0 Å². The monoisotopic (exact) mass is 263 g/mol. The van der Waals surface area contributed by atoms with Crippen LogP contribution in [0.3, 0.4) is 0 Å². The summed E-state index contributed by atoms with van der Waals surface area (Å²) in [6.45, 7) is 1.73. The quantitative estimate of drug-likeness (QED) is 0.838. The second-order valence-corrected chi connectivity index (χ2v) is 5.72. The van der Waals surface area contributed by atoms with E-state index in [1.54, 1.807) is 0 Å². The third-order valence-electron chi connectivity index (χ3n) is 4.43. The molecule has 2 heterocycles. The molecule has 2 unspecified atom stereocenters. The number of likely N-dealkylation sites (tertiary alicyclic amines) is 1. The van der Waals surface area contributed by atoms with Crippen LogP contribution in [0, 0.1) is 5.92 Å². The summed E-state index contributed by atoms with van der Waals surface area (Å²) < 4.78 is 0. The van der Waals surface area contributed by atoms with E-state index >= 15 is 0 Å². The fourth-order valence-corrected chi connectivity index (χ4v) is 3.35. The molecule has 1 saturated heterocycles. The van der Waals surface area contributed by atoms with E-state index in [0.717, 1.165) is 49.9 Å². The second kappa shape index (κ2) is 5.33. The number of hydrogen-bond donors (Lipinski definition) is 2. The predicted octanol–water partition coefficient (Wildman–Crippen LogP) is 1.06. The van der Waals surface area contributed by atoms with Gasteiger partial charge in [0.15, 0.2) is 0 Å². The minimum atomic E-state index is -0.0278. The summed E-state index contributed by atoms with van der Waals surface area (Å²) in [6, 6.07) is 0. The smallest absolute Gasteiger partial charge is 0.230 e. The largest absolute Gasteiger partial charge is 0.396 e. The molecule has 0 spiro atoms.